The van der Waals surface area contributed by atoms with Crippen LogP contribution in [0.15, 0.2) is 0 Å². The van der Waals surface area contributed by atoms with E-state index >= 15 is 0 Å². The van der Waals surface area contributed by atoms with Gasteiger partial charge in [0.2, 0.25) is 0 Å². The zero-order valence-corrected chi connectivity index (χ0v) is 4.98. The van der Waals surface area contributed by atoms with Crippen LogP contribution in [0.2, 0.25) is 0 Å². The third-order valence-corrected chi connectivity index (χ3v) is 0.794. The summed E-state index contributed by atoms with van der Waals surface area (Å²) in [6, 6.07) is 0. The fourth-order valence-electron chi connectivity index (χ4n) is 0.166. The zero-order valence-electron chi connectivity index (χ0n) is 4.09. The molecule has 0 aliphatic carbocycles. The van der Waals surface area contributed by atoms with Crippen molar-refractivity contribution in [1.82, 2.24) is 0 Å². The van der Waals surface area contributed by atoms with Gasteiger partial charge in [0.1, 0.15) is 0 Å². The molecule has 0 aliphatic heterocycles. The van der Waals surface area contributed by atoms with Crippen molar-refractivity contribution < 1.29 is 12.6 Å². The van der Waals surface area contributed by atoms with E-state index in [1.807, 2.05) is 6.92 Å². The van der Waals surface area contributed by atoms with E-state index in [1.165, 1.54) is 0 Å². The minimum absolute atomic E-state index is 0. The van der Waals surface area contributed by atoms with Gasteiger partial charge >= 0.3 is 51.4 Å². The summed E-state index contributed by atoms with van der Waals surface area (Å²) in [4.78, 5) is 0. The van der Waals surface area contributed by atoms with E-state index < -0.39 is 11.0 Å². The second kappa shape index (κ2) is 8.55. The molecule has 8 heavy (non-hydrogen) atoms. The number of hydrogen-bond donors (Lipinski definition) is 1. The van der Waals surface area contributed by atoms with Crippen molar-refractivity contribution in [2.75, 3.05) is 6.61 Å². The third kappa shape index (κ3) is 10.5. The summed E-state index contributed by atoms with van der Waals surface area (Å²) in [5, 5.41) is 0. The second-order valence-corrected chi connectivity index (χ2v) is 1.76. The molecule has 0 bridgehead atoms. The number of hydrogen-bond acceptors (Lipinski definition) is 3. The Morgan fingerprint density at radius 3 is 2.12 bits per heavy atom. The van der Waals surface area contributed by atoms with Gasteiger partial charge in [0.15, 0.2) is 0 Å². The standard InChI is InChI=1S/C3H8O3S.K.H/c1-2-3-6-7(4)5;;/h7H,2-3H2,1H3;;. The fourth-order valence-corrected chi connectivity index (χ4v) is 0.497. The van der Waals surface area contributed by atoms with Crippen LogP contribution in [0, 0.1) is 0 Å². The van der Waals surface area contributed by atoms with E-state index in [0.29, 0.717) is 6.61 Å². The monoisotopic (exact) mass is 164 g/mol. The van der Waals surface area contributed by atoms with Crippen LogP contribution in [0.25, 0.3) is 0 Å². The molecule has 0 aromatic rings. The van der Waals surface area contributed by atoms with Gasteiger partial charge in [0.05, 0.1) is 6.61 Å². The Bertz CT molecular complexity index is 92.7. The van der Waals surface area contributed by atoms with Crippen LogP contribution in [0.4, 0.5) is 0 Å². The first-order valence-electron chi connectivity index (χ1n) is 2.04. The molecule has 0 rings (SSSR count). The van der Waals surface area contributed by atoms with Crippen LogP contribution in [0.5, 0.6) is 0 Å². The van der Waals surface area contributed by atoms with Crippen molar-refractivity contribution in [3.05, 3.63) is 0 Å². The van der Waals surface area contributed by atoms with E-state index in [4.69, 9.17) is 0 Å². The van der Waals surface area contributed by atoms with Crippen molar-refractivity contribution in [2.24, 2.45) is 0 Å². The Balaban J connectivity index is 0. The van der Waals surface area contributed by atoms with Gasteiger partial charge in [-0.05, 0) is 6.42 Å². The molecular formula is C3H9KO3S. The summed E-state index contributed by atoms with van der Waals surface area (Å²) in [5.74, 6) is 0. The Morgan fingerprint density at radius 1 is 1.50 bits per heavy atom. The molecule has 0 N–H and O–H groups in total. The Labute approximate surface area is 93.4 Å². The van der Waals surface area contributed by atoms with Crippen LogP contribution >= 0.6 is 0 Å². The van der Waals surface area contributed by atoms with Crippen molar-refractivity contribution in [1.29, 1.82) is 0 Å². The van der Waals surface area contributed by atoms with Gasteiger partial charge in [0.25, 0.3) is 11.0 Å². The first-order valence-corrected chi connectivity index (χ1v) is 3.14. The minimum atomic E-state index is -2.61. The number of thiol groups is 1. The molecule has 0 unspecified atom stereocenters. The van der Waals surface area contributed by atoms with Crippen LogP contribution in [-0.2, 0) is 15.2 Å². The van der Waals surface area contributed by atoms with Crippen LogP contribution < -0.4 is 0 Å². The summed E-state index contributed by atoms with van der Waals surface area (Å²) >= 11 is 0. The Hall–Kier alpha value is 1.55. The van der Waals surface area contributed by atoms with Gasteiger partial charge < -0.3 is 0 Å². The molecule has 0 spiro atoms. The summed E-state index contributed by atoms with van der Waals surface area (Å²) in [7, 11) is -2.61. The van der Waals surface area contributed by atoms with Crippen molar-refractivity contribution in [3.8, 4) is 0 Å². The predicted octanol–water partition coefficient (Wildman–Crippen LogP) is -0.709. The molecule has 0 radical (unpaired) electrons. The maximum atomic E-state index is 9.57. The Kier molecular flexibility index (Phi) is 13.1. The number of rotatable bonds is 3. The van der Waals surface area contributed by atoms with Gasteiger partial charge in [-0.15, -0.1) is 0 Å². The molecule has 0 aromatic heterocycles. The van der Waals surface area contributed by atoms with E-state index in [-0.39, 0.29) is 51.4 Å². The summed E-state index contributed by atoms with van der Waals surface area (Å²) in [6.07, 6.45) is 0.739. The van der Waals surface area contributed by atoms with Crippen LogP contribution in [0.1, 0.15) is 13.3 Å². The van der Waals surface area contributed by atoms with Gasteiger partial charge in [-0.1, -0.05) is 6.92 Å². The molecule has 3 nitrogen and oxygen atoms in total. The van der Waals surface area contributed by atoms with Crippen LogP contribution in [-0.4, -0.2) is 66.4 Å². The molecule has 0 amide bonds. The molecule has 0 atom stereocenters. The van der Waals surface area contributed by atoms with Crippen molar-refractivity contribution >= 4 is 62.4 Å². The van der Waals surface area contributed by atoms with Crippen molar-refractivity contribution in [2.45, 2.75) is 13.3 Å². The predicted molar refractivity (Wildman–Crippen MR) is 33.7 cm³/mol. The van der Waals surface area contributed by atoms with Gasteiger partial charge in [-0.25, -0.2) is 8.42 Å². The average molecular weight is 164 g/mol. The zero-order chi connectivity index (χ0) is 5.70. The fraction of sp³-hybridized carbons (Fsp3) is 1.00. The summed E-state index contributed by atoms with van der Waals surface area (Å²) < 4.78 is 23.3. The van der Waals surface area contributed by atoms with E-state index in [0.717, 1.165) is 6.42 Å². The second-order valence-electron chi connectivity index (χ2n) is 1.06. The first-order chi connectivity index (χ1) is 3.27. The molecule has 46 valence electrons. The molecule has 0 fully saturated rings. The van der Waals surface area contributed by atoms with E-state index in [9.17, 15) is 8.42 Å². The quantitative estimate of drug-likeness (QED) is 0.443. The molecular weight excluding hydrogens is 155 g/mol. The van der Waals surface area contributed by atoms with E-state index in [2.05, 4.69) is 4.18 Å². The summed E-state index contributed by atoms with van der Waals surface area (Å²) in [5.41, 5.74) is 0. The summed E-state index contributed by atoms with van der Waals surface area (Å²) in [6.45, 7) is 2.15. The molecule has 5 heteroatoms. The van der Waals surface area contributed by atoms with Gasteiger partial charge in [-0.3, -0.25) is 4.18 Å². The third-order valence-electron chi connectivity index (χ3n) is 0.401. The first kappa shape index (κ1) is 12.2. The average Bonchev–Trinajstić information content (AvgIpc) is 1.61. The molecule has 0 saturated carbocycles. The van der Waals surface area contributed by atoms with Gasteiger partial charge in [-0.2, -0.15) is 0 Å². The van der Waals surface area contributed by atoms with Crippen molar-refractivity contribution in [3.63, 3.8) is 0 Å². The molecule has 0 aliphatic rings. The van der Waals surface area contributed by atoms with Gasteiger partial charge in [0, 0.05) is 0 Å². The SMILES string of the molecule is CCCO[SH](=O)=O.[KH]. The molecule has 0 heterocycles. The maximum absolute atomic E-state index is 9.57. The Morgan fingerprint density at radius 2 is 2.00 bits per heavy atom. The molecule has 0 saturated heterocycles. The van der Waals surface area contributed by atoms with Crippen LogP contribution in [0.3, 0.4) is 0 Å². The normalized spacial score (nSPS) is 8.75. The topological polar surface area (TPSA) is 43.4 Å². The molecule has 0 aromatic carbocycles. The van der Waals surface area contributed by atoms with E-state index in [1.54, 1.807) is 0 Å².